The SMILES string of the molecule is C#CCOCCOCCOCCNc1nc(N2CCN(C(=O)CCCCCCCCCCNC(=O)[C@@H](CCCN=C(N)N)n3cc(C[C@@H](C)CC)nn3)CC2)nc(N2CCN(C(=O)CCCCCCCCCCNC(=O)[C@H](CCCCN)n3cc(CCCC(=O)O)nn3)CC2)n1. The van der Waals surface area contributed by atoms with E-state index in [0.717, 1.165) is 134 Å². The summed E-state index contributed by atoms with van der Waals surface area (Å²) in [6, 6.07) is -0.962. The lowest BCUT2D eigenvalue weighted by Gasteiger charge is -2.36. The Labute approximate surface area is 569 Å². The van der Waals surface area contributed by atoms with Crippen molar-refractivity contribution in [3.63, 3.8) is 0 Å². The van der Waals surface area contributed by atoms with Gasteiger partial charge in [0.05, 0.1) is 44.4 Å². The van der Waals surface area contributed by atoms with Crippen LogP contribution in [-0.2, 0) is 51.0 Å². The average molecular weight is 1350 g/mol. The standard InChI is InChI=1S/C67H116N20O9/c1-4-45-94-47-49-96-50-48-95-46-36-74-65-75-66(84-41-37-82(38-42-84)59(88)29-18-14-10-6-8-12-16-22-33-71-62(92)57(27-20-21-32-68)86-52-55(78-80-86)26-24-31-61(90)91)77-67(76-65)85-43-39-83(40-44-85)60(89)30-19-15-11-7-9-13-17-23-34-72-63(93)58(28-25-35-73-64(69)70)87-53-56(79-81-87)51-54(3)5-2/h1,52-54,57-58H,5-51,68H2,2-3H3,(H,71,92)(H,72,93)(H,90,91)(H4,69,70,73)(H,74,75,76,77)/t54-,57-,58+/m0/s1. The van der Waals surface area contributed by atoms with Crippen molar-refractivity contribution in [3.05, 3.63) is 23.8 Å². The number of piperazine rings is 2. The van der Waals surface area contributed by atoms with Crippen molar-refractivity contribution in [3.8, 4) is 12.3 Å². The Kier molecular flexibility index (Phi) is 40.0. The van der Waals surface area contributed by atoms with E-state index in [2.05, 4.69) is 71.1 Å². The fraction of sp³-hybridized carbons (Fsp3) is 0.776. The van der Waals surface area contributed by atoms with Gasteiger partial charge in [0.25, 0.3) is 0 Å². The van der Waals surface area contributed by atoms with Gasteiger partial charge in [-0.05, 0) is 89.5 Å². The van der Waals surface area contributed by atoms with Crippen molar-refractivity contribution in [2.24, 2.45) is 28.1 Å². The second kappa shape index (κ2) is 48.4. The second-order valence-electron chi connectivity index (χ2n) is 25.3. The lowest BCUT2D eigenvalue weighted by atomic mass is 10.0. The maximum absolute atomic E-state index is 13.4. The van der Waals surface area contributed by atoms with Gasteiger partial charge in [-0.1, -0.05) is 114 Å². The molecule has 0 saturated carbocycles. The largest absolute Gasteiger partial charge is 0.481 e. The number of unbranched alkanes of at least 4 members (excludes halogenated alkanes) is 15. The third kappa shape index (κ3) is 32.6. The predicted molar refractivity (Wildman–Crippen MR) is 371 cm³/mol. The molecule has 5 rings (SSSR count). The Morgan fingerprint density at radius 3 is 1.57 bits per heavy atom. The molecule has 0 radical (unpaired) electrons. The molecular weight excluding hydrogens is 1230 g/mol. The minimum Gasteiger partial charge on any atom is -0.481 e. The summed E-state index contributed by atoms with van der Waals surface area (Å²) in [5.74, 6) is 3.82. The van der Waals surface area contributed by atoms with E-state index in [1.54, 1.807) is 15.6 Å². The van der Waals surface area contributed by atoms with Crippen molar-refractivity contribution < 1.29 is 43.3 Å². The minimum absolute atomic E-state index is 0.0385. The van der Waals surface area contributed by atoms with Gasteiger partial charge in [0, 0.05) is 110 Å². The number of hydrogen-bond donors (Lipinski definition) is 7. The van der Waals surface area contributed by atoms with Gasteiger partial charge in [0.2, 0.25) is 41.5 Å². The highest BCUT2D eigenvalue weighted by atomic mass is 16.5. The fourth-order valence-electron chi connectivity index (χ4n) is 11.5. The number of aryl methyl sites for hydroxylation is 1. The first-order valence-corrected chi connectivity index (χ1v) is 35.8. The summed E-state index contributed by atoms with van der Waals surface area (Å²) in [6.07, 6.45) is 32.5. The van der Waals surface area contributed by atoms with Crippen LogP contribution in [0.5, 0.6) is 0 Å². The van der Waals surface area contributed by atoms with Crippen LogP contribution < -0.4 is 43.0 Å². The number of guanidine groups is 1. The van der Waals surface area contributed by atoms with Crippen LogP contribution in [0, 0.1) is 18.3 Å². The smallest absolute Gasteiger partial charge is 0.303 e. The number of aromatic nitrogens is 9. The van der Waals surface area contributed by atoms with Crippen LogP contribution in [0.4, 0.5) is 17.8 Å². The zero-order valence-corrected chi connectivity index (χ0v) is 57.9. The predicted octanol–water partition coefficient (Wildman–Crippen LogP) is 5.36. The second-order valence-corrected chi connectivity index (χ2v) is 25.3. The summed E-state index contributed by atoms with van der Waals surface area (Å²) in [7, 11) is 0. The van der Waals surface area contributed by atoms with E-state index in [-0.39, 0.29) is 42.6 Å². The summed E-state index contributed by atoms with van der Waals surface area (Å²) in [5.41, 5.74) is 18.3. The number of carbonyl (C=O) groups excluding carboxylic acids is 4. The molecule has 2 saturated heterocycles. The number of terminal acetylenes is 1. The quantitative estimate of drug-likeness (QED) is 0.0162. The summed E-state index contributed by atoms with van der Waals surface area (Å²) < 4.78 is 19.9. The number of hydrogen-bond acceptors (Lipinski definition) is 20. The zero-order valence-electron chi connectivity index (χ0n) is 57.9. The van der Waals surface area contributed by atoms with E-state index in [1.807, 2.05) is 16.0 Å². The Hall–Kier alpha value is -7.29. The van der Waals surface area contributed by atoms with E-state index < -0.39 is 18.1 Å². The number of aliphatic imine (C=N–C) groups is 1. The van der Waals surface area contributed by atoms with Crippen LogP contribution >= 0.6 is 0 Å². The third-order valence-electron chi connectivity index (χ3n) is 17.4. The van der Waals surface area contributed by atoms with Gasteiger partial charge in [-0.15, -0.1) is 16.6 Å². The summed E-state index contributed by atoms with van der Waals surface area (Å²) >= 11 is 0. The Bertz CT molecular complexity index is 2720. The summed E-state index contributed by atoms with van der Waals surface area (Å²) in [5, 5.41) is 35.5. The highest BCUT2D eigenvalue weighted by Crippen LogP contribution is 2.23. The number of nitrogens with one attached hydrogen (secondary N) is 3. The average Bonchev–Trinajstić information content (AvgIpc) is 0.921. The molecule has 0 aliphatic carbocycles. The fourth-order valence-corrected chi connectivity index (χ4v) is 11.5. The molecule has 29 heteroatoms. The number of carboxylic acids is 1. The zero-order chi connectivity index (χ0) is 68.8. The number of nitrogens with zero attached hydrogens (tertiary/aromatic N) is 14. The molecule has 29 nitrogen and oxygen atoms in total. The molecule has 538 valence electrons. The number of aliphatic carboxylic acids is 1. The Morgan fingerprint density at radius 2 is 1.07 bits per heavy atom. The van der Waals surface area contributed by atoms with Crippen LogP contribution in [-0.4, -0.2) is 220 Å². The molecule has 0 bridgehead atoms. The maximum atomic E-state index is 13.4. The number of rotatable bonds is 54. The van der Waals surface area contributed by atoms with Crippen LogP contribution in [0.25, 0.3) is 0 Å². The van der Waals surface area contributed by atoms with Gasteiger partial charge in [-0.25, -0.2) is 9.36 Å². The molecule has 0 spiro atoms. The number of carbonyl (C=O) groups is 5. The number of ether oxygens (including phenoxy) is 3. The van der Waals surface area contributed by atoms with Gasteiger partial charge in [0.1, 0.15) is 18.7 Å². The van der Waals surface area contributed by atoms with Crippen LogP contribution in [0.3, 0.4) is 0 Å². The van der Waals surface area contributed by atoms with Gasteiger partial charge < -0.3 is 72.1 Å². The van der Waals surface area contributed by atoms with Gasteiger partial charge in [-0.3, -0.25) is 29.0 Å². The molecule has 0 aromatic carbocycles. The molecule has 3 aromatic rings. The van der Waals surface area contributed by atoms with E-state index in [0.29, 0.717) is 193 Å². The first-order chi connectivity index (χ1) is 46.8. The van der Waals surface area contributed by atoms with Crippen molar-refractivity contribution in [2.75, 3.05) is 140 Å². The van der Waals surface area contributed by atoms with Crippen LogP contribution in [0.1, 0.15) is 204 Å². The molecule has 2 fully saturated rings. The van der Waals surface area contributed by atoms with Crippen LogP contribution in [0.2, 0.25) is 0 Å². The molecule has 10 N–H and O–H groups in total. The van der Waals surface area contributed by atoms with E-state index in [4.69, 9.17) is 57.9 Å². The summed E-state index contributed by atoms with van der Waals surface area (Å²) in [4.78, 5) is 91.2. The molecule has 96 heavy (non-hydrogen) atoms. The first-order valence-electron chi connectivity index (χ1n) is 35.8. The third-order valence-corrected chi connectivity index (χ3v) is 17.4. The first kappa shape index (κ1) is 79.4. The van der Waals surface area contributed by atoms with Crippen molar-refractivity contribution >= 4 is 53.4 Å². The molecular formula is C67H116N20O9. The topological polar surface area (TPSA) is 373 Å². The Balaban J connectivity index is 0.962. The van der Waals surface area contributed by atoms with Crippen molar-refractivity contribution in [1.82, 2.24) is 65.4 Å². The lowest BCUT2D eigenvalue weighted by molar-refractivity contribution is -0.137. The van der Waals surface area contributed by atoms with Crippen molar-refractivity contribution in [2.45, 2.75) is 206 Å². The van der Waals surface area contributed by atoms with E-state index in [9.17, 15) is 24.0 Å². The van der Waals surface area contributed by atoms with Crippen LogP contribution in [0.15, 0.2) is 17.4 Å². The minimum atomic E-state index is -0.848. The molecule has 4 amide bonds. The molecule has 0 unspecified atom stereocenters. The highest BCUT2D eigenvalue weighted by molar-refractivity contribution is 5.81. The molecule has 2 aliphatic heterocycles. The van der Waals surface area contributed by atoms with E-state index in [1.165, 1.54) is 0 Å². The van der Waals surface area contributed by atoms with Gasteiger partial charge >= 0.3 is 5.97 Å². The maximum Gasteiger partial charge on any atom is 0.303 e. The highest BCUT2D eigenvalue weighted by Gasteiger charge is 2.28. The number of amides is 4. The van der Waals surface area contributed by atoms with Gasteiger partial charge in [-0.2, -0.15) is 15.0 Å². The number of anilines is 3. The number of carboxylic acid groups (broad SMARTS) is 1. The molecule has 2 aliphatic rings. The normalized spacial score (nSPS) is 14.3. The molecule has 3 aromatic heterocycles. The lowest BCUT2D eigenvalue weighted by Crippen LogP contribution is -2.50. The molecule has 3 atom stereocenters. The van der Waals surface area contributed by atoms with Crippen molar-refractivity contribution in [1.29, 1.82) is 0 Å². The Morgan fingerprint density at radius 1 is 0.594 bits per heavy atom. The van der Waals surface area contributed by atoms with E-state index >= 15 is 0 Å². The molecule has 5 heterocycles. The van der Waals surface area contributed by atoms with Gasteiger partial charge in [0.15, 0.2) is 5.96 Å². The monoisotopic (exact) mass is 1340 g/mol. The number of nitrogens with two attached hydrogens (primary N) is 3. The summed E-state index contributed by atoms with van der Waals surface area (Å²) in [6.45, 7) is 14.0.